The summed E-state index contributed by atoms with van der Waals surface area (Å²) in [4.78, 5) is 34.2. The molecule has 0 aliphatic carbocycles. The molecule has 2 N–H and O–H groups in total. The summed E-state index contributed by atoms with van der Waals surface area (Å²) in [5, 5.41) is 0. The van der Waals surface area contributed by atoms with E-state index in [0.717, 1.165) is 38.5 Å². The van der Waals surface area contributed by atoms with E-state index in [4.69, 9.17) is 10.5 Å². The highest BCUT2D eigenvalue weighted by Crippen LogP contribution is 2.03. The number of unbranched alkanes of at least 4 members (excludes halogenated alkanes) is 1. The first-order chi connectivity index (χ1) is 15.0. The predicted molar refractivity (Wildman–Crippen MR) is 127 cm³/mol. The summed E-state index contributed by atoms with van der Waals surface area (Å²) in [5.41, 5.74) is 5.60. The molecule has 0 heterocycles. The van der Waals surface area contributed by atoms with Crippen LogP contribution in [0.2, 0.25) is 0 Å². The molecule has 0 aromatic rings. The van der Waals surface area contributed by atoms with E-state index in [0.29, 0.717) is 6.42 Å². The normalized spacial score (nSPS) is 13.3. The van der Waals surface area contributed by atoms with E-state index < -0.39 is 18.0 Å². The number of allylic oxidation sites excluding steroid dienone is 10. The molecule has 1 atom stereocenters. The molecule has 0 aliphatic rings. The lowest BCUT2D eigenvalue weighted by Crippen LogP contribution is -2.34. The van der Waals surface area contributed by atoms with Crippen molar-refractivity contribution in [2.24, 2.45) is 5.73 Å². The minimum absolute atomic E-state index is 0.0494. The van der Waals surface area contributed by atoms with E-state index in [1.54, 1.807) is 0 Å². The van der Waals surface area contributed by atoms with Crippen LogP contribution in [-0.2, 0) is 19.1 Å². The number of nitrogens with two attached hydrogens (primary N) is 1. The maximum atomic E-state index is 11.6. The molecule has 0 aliphatic heterocycles. The van der Waals surface area contributed by atoms with Crippen LogP contribution in [0.5, 0.6) is 0 Å². The van der Waals surface area contributed by atoms with Gasteiger partial charge in [0.05, 0.1) is 0 Å². The van der Waals surface area contributed by atoms with Gasteiger partial charge < -0.3 is 15.3 Å². The molecule has 0 radical (unpaired) electrons. The number of ketones is 1. The quantitative estimate of drug-likeness (QED) is 0.139. The van der Waals surface area contributed by atoms with Crippen LogP contribution in [-0.4, -0.2) is 23.8 Å². The Morgan fingerprint density at radius 1 is 0.774 bits per heavy atom. The van der Waals surface area contributed by atoms with Crippen molar-refractivity contribution in [2.75, 3.05) is 0 Å². The maximum absolute atomic E-state index is 11.6. The van der Waals surface area contributed by atoms with Crippen LogP contribution in [0, 0.1) is 0 Å². The monoisotopic (exact) mass is 429 g/mol. The first-order valence-electron chi connectivity index (χ1n) is 11.2. The van der Waals surface area contributed by atoms with Crippen LogP contribution in [0.25, 0.3) is 0 Å². The zero-order valence-electron chi connectivity index (χ0n) is 19.1. The van der Waals surface area contributed by atoms with Crippen molar-refractivity contribution < 1.29 is 19.1 Å². The Labute approximate surface area is 187 Å². The number of esters is 2. The van der Waals surface area contributed by atoms with Gasteiger partial charge in [-0.1, -0.05) is 67.7 Å². The fourth-order valence-electron chi connectivity index (χ4n) is 2.45. The highest BCUT2D eigenvalue weighted by atomic mass is 16.6. The van der Waals surface area contributed by atoms with Crippen LogP contribution < -0.4 is 5.73 Å². The van der Waals surface area contributed by atoms with Gasteiger partial charge in [0.1, 0.15) is 11.8 Å². The molecule has 0 aromatic carbocycles. The van der Waals surface area contributed by atoms with E-state index in [9.17, 15) is 14.4 Å². The molecule has 0 aromatic heterocycles. The molecule has 0 fully saturated rings. The second kappa shape index (κ2) is 20.7. The van der Waals surface area contributed by atoms with Gasteiger partial charge in [-0.05, 0) is 58.3 Å². The molecule has 0 rings (SSSR count). The Bertz CT molecular complexity index is 656. The summed E-state index contributed by atoms with van der Waals surface area (Å²) in [6.45, 7) is 3.56. The third kappa shape index (κ3) is 20.5. The maximum Gasteiger partial charge on any atom is 0.330 e. The third-order valence-corrected chi connectivity index (χ3v) is 4.23. The van der Waals surface area contributed by atoms with Gasteiger partial charge in [0.25, 0.3) is 0 Å². The van der Waals surface area contributed by atoms with Crippen LogP contribution in [0.1, 0.15) is 78.1 Å². The van der Waals surface area contributed by atoms with E-state index in [2.05, 4.69) is 61.6 Å². The van der Waals surface area contributed by atoms with Crippen molar-refractivity contribution >= 4 is 17.7 Å². The Balaban J connectivity index is 3.72. The highest BCUT2D eigenvalue weighted by Gasteiger charge is 2.18. The number of ether oxygens (including phenoxy) is 1. The van der Waals surface area contributed by atoms with Gasteiger partial charge in [-0.15, -0.1) is 0 Å². The van der Waals surface area contributed by atoms with Crippen LogP contribution in [0.4, 0.5) is 0 Å². The molecular formula is C26H39NO4. The lowest BCUT2D eigenvalue weighted by Gasteiger charge is -2.09. The standard InChI is InChI=1S/C26H39NO4/c1-3-4-5-6-7-8-9-10-11-12-13-14-15-16-17-18-19-20-25(29)31-26(30)24(27)22-21-23(2)28/h4-5,7-8,10-11,13-14,16-17,24H,3,6,9,12,15,18-22,27H2,1-2H3/b5-4-,8-7-,11-10-,14-13-,17-16-. The molecular weight excluding hydrogens is 390 g/mol. The summed E-state index contributed by atoms with van der Waals surface area (Å²) < 4.78 is 4.71. The molecule has 0 amide bonds. The zero-order valence-corrected chi connectivity index (χ0v) is 19.1. The van der Waals surface area contributed by atoms with Crippen molar-refractivity contribution in [1.29, 1.82) is 0 Å². The van der Waals surface area contributed by atoms with Gasteiger partial charge in [0.15, 0.2) is 0 Å². The summed E-state index contributed by atoms with van der Waals surface area (Å²) in [5.74, 6) is -1.39. The molecule has 0 spiro atoms. The molecule has 1 unspecified atom stereocenters. The second-order valence-corrected chi connectivity index (χ2v) is 7.24. The molecule has 5 nitrogen and oxygen atoms in total. The smallest absolute Gasteiger partial charge is 0.330 e. The van der Waals surface area contributed by atoms with Gasteiger partial charge in [0.2, 0.25) is 0 Å². The van der Waals surface area contributed by atoms with Gasteiger partial charge in [0, 0.05) is 12.8 Å². The Hall–Kier alpha value is -2.53. The van der Waals surface area contributed by atoms with E-state index in [-0.39, 0.29) is 25.0 Å². The third-order valence-electron chi connectivity index (χ3n) is 4.23. The first kappa shape index (κ1) is 28.5. The molecule has 0 saturated heterocycles. The van der Waals surface area contributed by atoms with Crippen molar-refractivity contribution in [3.05, 3.63) is 60.8 Å². The lowest BCUT2D eigenvalue weighted by molar-refractivity contribution is -0.160. The van der Waals surface area contributed by atoms with Gasteiger partial charge >= 0.3 is 11.9 Å². The zero-order chi connectivity index (χ0) is 23.2. The topological polar surface area (TPSA) is 86.5 Å². The number of hydrogen-bond acceptors (Lipinski definition) is 5. The summed E-state index contributed by atoms with van der Waals surface area (Å²) in [6.07, 6.45) is 28.1. The largest absolute Gasteiger partial charge is 0.392 e. The molecule has 5 heteroatoms. The predicted octanol–water partition coefficient (Wildman–Crippen LogP) is 5.67. The second-order valence-electron chi connectivity index (χ2n) is 7.24. The summed E-state index contributed by atoms with van der Waals surface area (Å²) in [7, 11) is 0. The van der Waals surface area contributed by atoms with Gasteiger partial charge in [-0.3, -0.25) is 4.79 Å². The highest BCUT2D eigenvalue weighted by molar-refractivity contribution is 5.88. The van der Waals surface area contributed by atoms with E-state index in [1.807, 2.05) is 6.08 Å². The van der Waals surface area contributed by atoms with Crippen molar-refractivity contribution in [1.82, 2.24) is 0 Å². The summed E-state index contributed by atoms with van der Waals surface area (Å²) >= 11 is 0. The average molecular weight is 430 g/mol. The molecule has 31 heavy (non-hydrogen) atoms. The number of rotatable bonds is 17. The van der Waals surface area contributed by atoms with Crippen LogP contribution in [0.15, 0.2) is 60.8 Å². The molecule has 0 bridgehead atoms. The fraction of sp³-hybridized carbons (Fsp3) is 0.500. The van der Waals surface area contributed by atoms with E-state index in [1.165, 1.54) is 6.92 Å². The number of carbonyl (C=O) groups excluding carboxylic acids is 3. The van der Waals surface area contributed by atoms with Crippen LogP contribution >= 0.6 is 0 Å². The van der Waals surface area contributed by atoms with Crippen LogP contribution in [0.3, 0.4) is 0 Å². The minimum Gasteiger partial charge on any atom is -0.392 e. The number of Topliss-reactive ketones (excluding diaryl/α,β-unsaturated/α-hetero) is 1. The number of hydrogen-bond donors (Lipinski definition) is 1. The van der Waals surface area contributed by atoms with E-state index >= 15 is 0 Å². The lowest BCUT2D eigenvalue weighted by atomic mass is 10.1. The van der Waals surface area contributed by atoms with Gasteiger partial charge in [-0.25, -0.2) is 4.79 Å². The van der Waals surface area contributed by atoms with Crippen molar-refractivity contribution in [2.45, 2.75) is 84.1 Å². The fourth-order valence-corrected chi connectivity index (χ4v) is 2.45. The molecule has 172 valence electrons. The van der Waals surface area contributed by atoms with Crippen molar-refractivity contribution in [3.63, 3.8) is 0 Å². The SMILES string of the molecule is CC/C=C\C/C=C\C/C=C\C/C=C\C/C=C\CCCC(=O)OC(=O)C(N)CCC(C)=O. The summed E-state index contributed by atoms with van der Waals surface area (Å²) in [6, 6.07) is -0.932. The molecule has 0 saturated carbocycles. The minimum atomic E-state index is -0.932. The number of carbonyl (C=O) groups is 3. The Morgan fingerprint density at radius 3 is 1.74 bits per heavy atom. The first-order valence-corrected chi connectivity index (χ1v) is 11.2. The Kier molecular flexibility index (Phi) is 19.0. The van der Waals surface area contributed by atoms with Gasteiger partial charge in [-0.2, -0.15) is 0 Å². The Morgan fingerprint density at radius 2 is 1.26 bits per heavy atom. The van der Waals surface area contributed by atoms with Crippen molar-refractivity contribution in [3.8, 4) is 0 Å². The average Bonchev–Trinajstić information content (AvgIpc) is 2.74.